The Morgan fingerprint density at radius 2 is 1.59 bits per heavy atom. The lowest BCUT2D eigenvalue weighted by molar-refractivity contribution is 0.869. The Morgan fingerprint density at radius 3 is 2.24 bits per heavy atom. The molecule has 2 heteroatoms. The summed E-state index contributed by atoms with van der Waals surface area (Å²) in [7, 11) is 0. The predicted molar refractivity (Wildman–Crippen MR) is 76.0 cm³/mol. The molecular weight excluding hydrogens is 251 g/mol. The van der Waals surface area contributed by atoms with Crippen LogP contribution in [0, 0.1) is 0 Å². The van der Waals surface area contributed by atoms with E-state index in [4.69, 9.17) is 23.2 Å². The topological polar surface area (TPSA) is 0 Å². The van der Waals surface area contributed by atoms with Gasteiger partial charge in [0.15, 0.2) is 0 Å². The van der Waals surface area contributed by atoms with E-state index >= 15 is 0 Å². The van der Waals surface area contributed by atoms with E-state index in [-0.39, 0.29) is 0 Å². The van der Waals surface area contributed by atoms with E-state index in [1.165, 1.54) is 5.56 Å². The van der Waals surface area contributed by atoms with Gasteiger partial charge in [-0.05, 0) is 46.9 Å². The highest BCUT2D eigenvalue weighted by Crippen LogP contribution is 2.32. The SMILES string of the molecule is CC(C)c1ccc(Cl)cc1-c1cccc(Cl)c1. The van der Waals surface area contributed by atoms with Crippen molar-refractivity contribution in [1.29, 1.82) is 0 Å². The van der Waals surface area contributed by atoms with Crippen molar-refractivity contribution in [3.05, 3.63) is 58.1 Å². The molecule has 0 aliphatic heterocycles. The van der Waals surface area contributed by atoms with Crippen molar-refractivity contribution in [2.24, 2.45) is 0 Å². The first-order valence-corrected chi connectivity index (χ1v) is 6.39. The molecule has 0 spiro atoms. The average molecular weight is 265 g/mol. The summed E-state index contributed by atoms with van der Waals surface area (Å²) in [6, 6.07) is 13.9. The third-order valence-electron chi connectivity index (χ3n) is 2.77. The lowest BCUT2D eigenvalue weighted by Crippen LogP contribution is -1.92. The van der Waals surface area contributed by atoms with Crippen LogP contribution in [0.25, 0.3) is 11.1 Å². The smallest absolute Gasteiger partial charge is 0.0412 e. The second-order valence-electron chi connectivity index (χ2n) is 4.40. The van der Waals surface area contributed by atoms with Gasteiger partial charge in [0.1, 0.15) is 0 Å². The standard InChI is InChI=1S/C15H14Cl2/c1-10(2)14-7-6-13(17)9-15(14)11-4-3-5-12(16)8-11/h3-10H,1-2H3. The molecule has 17 heavy (non-hydrogen) atoms. The summed E-state index contributed by atoms with van der Waals surface area (Å²) in [5, 5.41) is 1.50. The summed E-state index contributed by atoms with van der Waals surface area (Å²) in [5.74, 6) is 0.459. The number of halogens is 2. The van der Waals surface area contributed by atoms with Gasteiger partial charge in [-0.2, -0.15) is 0 Å². The Kier molecular flexibility index (Phi) is 3.76. The number of hydrogen-bond donors (Lipinski definition) is 0. The van der Waals surface area contributed by atoms with Crippen LogP contribution in [-0.4, -0.2) is 0 Å². The van der Waals surface area contributed by atoms with Crippen LogP contribution < -0.4 is 0 Å². The highest BCUT2D eigenvalue weighted by molar-refractivity contribution is 6.31. The normalized spacial score (nSPS) is 10.9. The molecule has 0 aliphatic rings. The van der Waals surface area contributed by atoms with E-state index < -0.39 is 0 Å². The summed E-state index contributed by atoms with van der Waals surface area (Å²) in [5.41, 5.74) is 3.57. The molecule has 0 saturated heterocycles. The summed E-state index contributed by atoms with van der Waals surface area (Å²) in [6.45, 7) is 4.36. The van der Waals surface area contributed by atoms with Crippen molar-refractivity contribution in [3.63, 3.8) is 0 Å². The van der Waals surface area contributed by atoms with Crippen LogP contribution in [0.1, 0.15) is 25.3 Å². The molecule has 0 fully saturated rings. The maximum atomic E-state index is 6.08. The molecule has 2 aromatic carbocycles. The summed E-state index contributed by atoms with van der Waals surface area (Å²) < 4.78 is 0. The van der Waals surface area contributed by atoms with Gasteiger partial charge in [-0.15, -0.1) is 0 Å². The zero-order valence-corrected chi connectivity index (χ0v) is 11.4. The van der Waals surface area contributed by atoms with E-state index in [0.29, 0.717) is 5.92 Å². The minimum absolute atomic E-state index is 0.459. The van der Waals surface area contributed by atoms with Gasteiger partial charge >= 0.3 is 0 Å². The van der Waals surface area contributed by atoms with Gasteiger partial charge in [-0.1, -0.05) is 55.2 Å². The average Bonchev–Trinajstić information content (AvgIpc) is 2.28. The Morgan fingerprint density at radius 1 is 0.882 bits per heavy atom. The molecule has 2 rings (SSSR count). The zero-order valence-electron chi connectivity index (χ0n) is 9.87. The summed E-state index contributed by atoms with van der Waals surface area (Å²) >= 11 is 12.1. The van der Waals surface area contributed by atoms with Crippen molar-refractivity contribution in [2.45, 2.75) is 19.8 Å². The van der Waals surface area contributed by atoms with Gasteiger partial charge in [0, 0.05) is 10.0 Å². The highest BCUT2D eigenvalue weighted by atomic mass is 35.5. The Hall–Kier alpha value is -0.980. The fourth-order valence-electron chi connectivity index (χ4n) is 1.94. The molecule has 0 nitrogen and oxygen atoms in total. The van der Waals surface area contributed by atoms with E-state index in [1.807, 2.05) is 30.3 Å². The molecule has 2 aromatic rings. The first kappa shape index (κ1) is 12.5. The van der Waals surface area contributed by atoms with E-state index in [9.17, 15) is 0 Å². The number of rotatable bonds is 2. The molecule has 0 amide bonds. The maximum absolute atomic E-state index is 6.08. The number of benzene rings is 2. The zero-order chi connectivity index (χ0) is 12.4. The molecule has 0 aliphatic carbocycles. The second-order valence-corrected chi connectivity index (χ2v) is 5.27. The van der Waals surface area contributed by atoms with Gasteiger partial charge < -0.3 is 0 Å². The van der Waals surface area contributed by atoms with Crippen LogP contribution in [0.15, 0.2) is 42.5 Å². The molecule has 88 valence electrons. The second kappa shape index (κ2) is 5.12. The summed E-state index contributed by atoms with van der Waals surface area (Å²) in [6.07, 6.45) is 0. The highest BCUT2D eigenvalue weighted by Gasteiger charge is 2.09. The lowest BCUT2D eigenvalue weighted by atomic mass is 9.93. The van der Waals surface area contributed by atoms with Crippen molar-refractivity contribution in [2.75, 3.05) is 0 Å². The predicted octanol–water partition coefficient (Wildman–Crippen LogP) is 5.78. The first-order valence-electron chi connectivity index (χ1n) is 5.63. The van der Waals surface area contributed by atoms with Crippen molar-refractivity contribution in [3.8, 4) is 11.1 Å². The van der Waals surface area contributed by atoms with E-state index in [2.05, 4.69) is 26.0 Å². The first-order chi connectivity index (χ1) is 8.08. The van der Waals surface area contributed by atoms with Gasteiger partial charge in [0.05, 0.1) is 0 Å². The van der Waals surface area contributed by atoms with Gasteiger partial charge in [0.25, 0.3) is 0 Å². The van der Waals surface area contributed by atoms with Crippen LogP contribution in [-0.2, 0) is 0 Å². The third kappa shape index (κ3) is 2.83. The van der Waals surface area contributed by atoms with Crippen molar-refractivity contribution in [1.82, 2.24) is 0 Å². The number of hydrogen-bond acceptors (Lipinski definition) is 0. The van der Waals surface area contributed by atoms with Crippen LogP contribution in [0.4, 0.5) is 0 Å². The molecule has 0 unspecified atom stereocenters. The van der Waals surface area contributed by atoms with Gasteiger partial charge in [-0.25, -0.2) is 0 Å². The van der Waals surface area contributed by atoms with Crippen molar-refractivity contribution >= 4 is 23.2 Å². The van der Waals surface area contributed by atoms with Gasteiger partial charge in [-0.3, -0.25) is 0 Å². The fourth-order valence-corrected chi connectivity index (χ4v) is 2.30. The van der Waals surface area contributed by atoms with Gasteiger partial charge in [0.2, 0.25) is 0 Å². The summed E-state index contributed by atoms with van der Waals surface area (Å²) in [4.78, 5) is 0. The Labute approximate surface area is 112 Å². The Bertz CT molecular complexity index is 530. The largest absolute Gasteiger partial charge is 0.0843 e. The van der Waals surface area contributed by atoms with Crippen molar-refractivity contribution < 1.29 is 0 Å². The molecule has 0 N–H and O–H groups in total. The van der Waals surface area contributed by atoms with E-state index in [1.54, 1.807) is 0 Å². The molecule has 0 heterocycles. The van der Waals surface area contributed by atoms with Crippen LogP contribution in [0.3, 0.4) is 0 Å². The molecule has 0 aromatic heterocycles. The molecule has 0 saturated carbocycles. The monoisotopic (exact) mass is 264 g/mol. The van der Waals surface area contributed by atoms with Crippen LogP contribution >= 0.6 is 23.2 Å². The van der Waals surface area contributed by atoms with Crippen LogP contribution in [0.2, 0.25) is 10.0 Å². The fraction of sp³-hybridized carbons (Fsp3) is 0.200. The molecule has 0 radical (unpaired) electrons. The lowest BCUT2D eigenvalue weighted by Gasteiger charge is -2.13. The van der Waals surface area contributed by atoms with Crippen LogP contribution in [0.5, 0.6) is 0 Å². The minimum Gasteiger partial charge on any atom is -0.0843 e. The third-order valence-corrected chi connectivity index (χ3v) is 3.24. The Balaban J connectivity index is 2.61. The maximum Gasteiger partial charge on any atom is 0.0412 e. The van der Waals surface area contributed by atoms with E-state index in [0.717, 1.165) is 21.2 Å². The minimum atomic E-state index is 0.459. The molecular formula is C15H14Cl2. The molecule has 0 atom stereocenters. The molecule has 0 bridgehead atoms. The quantitative estimate of drug-likeness (QED) is 0.645.